The number of halogens is 1. The van der Waals surface area contributed by atoms with Crippen LogP contribution in [0, 0.1) is 12.7 Å². The highest BCUT2D eigenvalue weighted by Gasteiger charge is 2.42. The molecule has 0 saturated carbocycles. The number of hydrogen-bond acceptors (Lipinski definition) is 0. The fourth-order valence-corrected chi connectivity index (χ4v) is 5.92. The van der Waals surface area contributed by atoms with Gasteiger partial charge in [0, 0.05) is 23.5 Å². The van der Waals surface area contributed by atoms with Crippen LogP contribution in [0.2, 0.25) is 0 Å². The van der Waals surface area contributed by atoms with Gasteiger partial charge in [-0.05, 0) is 60.2 Å². The van der Waals surface area contributed by atoms with Crippen LogP contribution in [0.25, 0.3) is 22.0 Å². The summed E-state index contributed by atoms with van der Waals surface area (Å²) in [4.78, 5) is 0. The molecule has 2 heteroatoms. The standard InChI is InChI=1S/C33H43FN/c1-7-10-12-13-14-18-35-19-17-26-21-24(16-11-8-2)22-27-28(26)32(35)29-25(15-9-3)20-23(4)31(34)30(29)33(27,5)6/h12-13,17,19-22H,7-11,14-16,18H2,1-6H3/q+1. The van der Waals surface area contributed by atoms with Crippen molar-refractivity contribution < 1.29 is 8.96 Å². The van der Waals surface area contributed by atoms with Gasteiger partial charge in [-0.3, -0.25) is 0 Å². The Kier molecular flexibility index (Phi) is 7.79. The number of nitrogens with zero attached hydrogens (tertiary/aromatic N) is 1. The number of aryl methyl sites for hydroxylation is 4. The van der Waals surface area contributed by atoms with Crippen molar-refractivity contribution in [2.45, 2.75) is 105 Å². The van der Waals surface area contributed by atoms with Crippen molar-refractivity contribution in [1.82, 2.24) is 0 Å². The summed E-state index contributed by atoms with van der Waals surface area (Å²) in [7, 11) is 0. The number of fused-ring (bicyclic) bond motifs is 2. The minimum Gasteiger partial charge on any atom is -0.206 e. The van der Waals surface area contributed by atoms with Crippen molar-refractivity contribution in [2.24, 2.45) is 0 Å². The molecule has 0 spiro atoms. The SMILES string of the molecule is CCCC=CCC[n+]1ccc2cc(CCCC)cc3c2c1-c1c(CCC)cc(C)c(F)c1C3(C)C. The molecule has 1 aliphatic rings. The van der Waals surface area contributed by atoms with E-state index in [-0.39, 0.29) is 11.2 Å². The van der Waals surface area contributed by atoms with Crippen LogP contribution in [0.1, 0.15) is 101 Å². The summed E-state index contributed by atoms with van der Waals surface area (Å²) in [6.07, 6.45) is 15.6. The fraction of sp³-hybridized carbons (Fsp3) is 0.485. The lowest BCUT2D eigenvalue weighted by Crippen LogP contribution is -2.40. The molecule has 0 amide bonds. The quantitative estimate of drug-likeness (QED) is 0.205. The Balaban J connectivity index is 2.03. The third-order valence-electron chi connectivity index (χ3n) is 7.75. The van der Waals surface area contributed by atoms with E-state index in [1.165, 1.54) is 52.4 Å². The predicted octanol–water partition coefficient (Wildman–Crippen LogP) is 8.92. The smallest absolute Gasteiger partial charge is 0.206 e. The van der Waals surface area contributed by atoms with Gasteiger partial charge >= 0.3 is 0 Å². The maximum Gasteiger partial charge on any atom is 0.221 e. The molecule has 0 N–H and O–H groups in total. The molecule has 1 aromatic heterocycles. The second kappa shape index (κ2) is 10.6. The summed E-state index contributed by atoms with van der Waals surface area (Å²) in [5.41, 5.74) is 7.60. The van der Waals surface area contributed by atoms with E-state index in [9.17, 15) is 0 Å². The number of aromatic nitrogens is 1. The average molecular weight is 473 g/mol. The van der Waals surface area contributed by atoms with Crippen LogP contribution in [0.15, 0.2) is 42.6 Å². The van der Waals surface area contributed by atoms with E-state index in [2.05, 4.69) is 81.8 Å². The summed E-state index contributed by atoms with van der Waals surface area (Å²) in [5.74, 6) is -0.0270. The number of pyridine rings is 1. The number of rotatable bonds is 10. The Morgan fingerprint density at radius 3 is 2.43 bits per heavy atom. The molecule has 0 unspecified atom stereocenters. The van der Waals surface area contributed by atoms with Crippen LogP contribution in [0.3, 0.4) is 0 Å². The maximum absolute atomic E-state index is 16.1. The van der Waals surface area contributed by atoms with Gasteiger partial charge in [0.15, 0.2) is 12.7 Å². The number of unbranched alkanes of at least 4 members (excludes halogenated alkanes) is 2. The van der Waals surface area contributed by atoms with Crippen molar-refractivity contribution in [3.8, 4) is 11.3 Å². The third kappa shape index (κ3) is 4.69. The van der Waals surface area contributed by atoms with Gasteiger partial charge in [0.05, 0.1) is 10.9 Å². The van der Waals surface area contributed by atoms with E-state index in [1.807, 2.05) is 6.92 Å². The molecule has 1 aliphatic carbocycles. The topological polar surface area (TPSA) is 3.88 Å². The van der Waals surface area contributed by atoms with E-state index in [1.54, 1.807) is 0 Å². The van der Waals surface area contributed by atoms with Crippen molar-refractivity contribution in [2.75, 3.05) is 0 Å². The van der Waals surface area contributed by atoms with E-state index >= 15 is 4.39 Å². The third-order valence-corrected chi connectivity index (χ3v) is 7.75. The molecule has 35 heavy (non-hydrogen) atoms. The van der Waals surface area contributed by atoms with Gasteiger partial charge in [0.2, 0.25) is 5.69 Å². The zero-order valence-corrected chi connectivity index (χ0v) is 22.7. The van der Waals surface area contributed by atoms with Gasteiger partial charge in [0.25, 0.3) is 0 Å². The van der Waals surface area contributed by atoms with Gasteiger partial charge in [-0.25, -0.2) is 4.39 Å². The van der Waals surface area contributed by atoms with Crippen LogP contribution in [-0.2, 0) is 24.8 Å². The number of hydrogen-bond donors (Lipinski definition) is 0. The first-order valence-corrected chi connectivity index (χ1v) is 13.8. The van der Waals surface area contributed by atoms with E-state index in [4.69, 9.17) is 0 Å². The monoisotopic (exact) mass is 472 g/mol. The highest BCUT2D eigenvalue weighted by molar-refractivity contribution is 6.01. The molecule has 186 valence electrons. The van der Waals surface area contributed by atoms with Crippen LogP contribution in [0.5, 0.6) is 0 Å². The molecule has 4 rings (SSSR count). The first-order valence-electron chi connectivity index (χ1n) is 13.8. The molecule has 1 heterocycles. The van der Waals surface area contributed by atoms with Crippen LogP contribution < -0.4 is 4.57 Å². The summed E-state index contributed by atoms with van der Waals surface area (Å²) in [6, 6.07) is 9.17. The Labute approximate surface area is 212 Å². The van der Waals surface area contributed by atoms with Crippen molar-refractivity contribution >= 4 is 10.8 Å². The Hall–Kier alpha value is -2.48. The highest BCUT2D eigenvalue weighted by Crippen LogP contribution is 2.50. The molecule has 0 bridgehead atoms. The van der Waals surface area contributed by atoms with Crippen molar-refractivity contribution in [3.05, 3.63) is 76.2 Å². The van der Waals surface area contributed by atoms with Gasteiger partial charge in [-0.1, -0.05) is 84.2 Å². The zero-order chi connectivity index (χ0) is 25.2. The highest BCUT2D eigenvalue weighted by atomic mass is 19.1. The van der Waals surface area contributed by atoms with Crippen molar-refractivity contribution in [3.63, 3.8) is 0 Å². The van der Waals surface area contributed by atoms with Crippen LogP contribution in [-0.4, -0.2) is 0 Å². The average Bonchev–Trinajstić information content (AvgIpc) is 2.83. The van der Waals surface area contributed by atoms with E-state index in [0.717, 1.165) is 55.3 Å². The van der Waals surface area contributed by atoms with Gasteiger partial charge in [0.1, 0.15) is 5.82 Å². The molecular weight excluding hydrogens is 429 g/mol. The van der Waals surface area contributed by atoms with Crippen LogP contribution >= 0.6 is 0 Å². The minimum absolute atomic E-state index is 0.0270. The largest absolute Gasteiger partial charge is 0.221 e. The summed E-state index contributed by atoms with van der Waals surface area (Å²) in [5, 5.41) is 2.62. The molecule has 0 atom stereocenters. The fourth-order valence-electron chi connectivity index (χ4n) is 5.92. The molecule has 0 fully saturated rings. The van der Waals surface area contributed by atoms with Gasteiger partial charge < -0.3 is 0 Å². The molecule has 0 radical (unpaired) electrons. The zero-order valence-electron chi connectivity index (χ0n) is 22.7. The lowest BCUT2D eigenvalue weighted by atomic mass is 9.67. The van der Waals surface area contributed by atoms with E-state index in [0.29, 0.717) is 0 Å². The Morgan fingerprint density at radius 2 is 1.71 bits per heavy atom. The van der Waals surface area contributed by atoms with Crippen LogP contribution in [0.4, 0.5) is 4.39 Å². The lowest BCUT2D eigenvalue weighted by Gasteiger charge is -2.36. The molecule has 3 aromatic rings. The molecule has 0 aliphatic heterocycles. The van der Waals surface area contributed by atoms with Gasteiger partial charge in [-0.15, -0.1) is 0 Å². The second-order valence-corrected chi connectivity index (χ2v) is 10.9. The maximum atomic E-state index is 16.1. The Morgan fingerprint density at radius 1 is 0.943 bits per heavy atom. The lowest BCUT2D eigenvalue weighted by molar-refractivity contribution is -0.684. The summed E-state index contributed by atoms with van der Waals surface area (Å²) in [6.45, 7) is 14.0. The molecule has 2 aromatic carbocycles. The van der Waals surface area contributed by atoms with Crippen molar-refractivity contribution in [1.29, 1.82) is 0 Å². The van der Waals surface area contributed by atoms with E-state index < -0.39 is 0 Å². The molecule has 1 nitrogen and oxygen atoms in total. The normalized spacial score (nSPS) is 14.1. The summed E-state index contributed by atoms with van der Waals surface area (Å²) >= 11 is 0. The molecular formula is C33H43FN+. The second-order valence-electron chi connectivity index (χ2n) is 10.9. The first-order chi connectivity index (χ1) is 16.8. The Bertz CT molecular complexity index is 1250. The van der Waals surface area contributed by atoms with Gasteiger partial charge in [-0.2, -0.15) is 4.57 Å². The number of benzene rings is 2. The molecule has 0 saturated heterocycles. The predicted molar refractivity (Wildman–Crippen MR) is 148 cm³/mol. The number of allylic oxidation sites excluding steroid dienone is 2. The minimum atomic E-state index is -0.387. The summed E-state index contributed by atoms with van der Waals surface area (Å²) < 4.78 is 18.5. The first kappa shape index (κ1) is 25.6.